The minimum atomic E-state index is -1.01. The molecule has 9 heteroatoms. The van der Waals surface area contributed by atoms with Crippen LogP contribution >= 0.6 is 24.0 Å². The number of rotatable bonds is 5. The van der Waals surface area contributed by atoms with Crippen LogP contribution in [0.5, 0.6) is 0 Å². The zero-order valence-electron chi connectivity index (χ0n) is 19.8. The molecule has 36 heavy (non-hydrogen) atoms. The fourth-order valence-electron chi connectivity index (χ4n) is 6.90. The normalized spacial score (nSPS) is 29.9. The van der Waals surface area contributed by atoms with E-state index in [1.54, 1.807) is 36.4 Å². The van der Waals surface area contributed by atoms with Gasteiger partial charge in [-0.2, -0.15) is 5.01 Å². The van der Waals surface area contributed by atoms with Crippen molar-refractivity contribution in [3.05, 3.63) is 52.1 Å². The van der Waals surface area contributed by atoms with Gasteiger partial charge in [0, 0.05) is 11.6 Å². The highest BCUT2D eigenvalue weighted by Crippen LogP contribution is 2.60. The average molecular weight is 523 g/mol. The molecule has 1 aliphatic heterocycles. The molecule has 1 saturated heterocycles. The molecule has 186 valence electrons. The summed E-state index contributed by atoms with van der Waals surface area (Å²) in [7, 11) is 0. The fourth-order valence-corrected chi connectivity index (χ4v) is 8.06. The van der Waals surface area contributed by atoms with E-state index in [1.807, 2.05) is 6.92 Å². The first-order chi connectivity index (χ1) is 17.2. The number of nitrogens with one attached hydrogen (secondary N) is 1. The zero-order valence-corrected chi connectivity index (χ0v) is 21.4. The Balaban J connectivity index is 1.19. The minimum Gasteiger partial charge on any atom is -0.478 e. The average Bonchev–Trinajstić information content (AvgIpc) is 3.38. The lowest BCUT2D eigenvalue weighted by atomic mass is 9.49. The van der Waals surface area contributed by atoms with Crippen LogP contribution in [0.25, 0.3) is 17.4 Å². The number of hydrogen-bond donors (Lipinski definition) is 2. The minimum absolute atomic E-state index is 0.0757. The summed E-state index contributed by atoms with van der Waals surface area (Å²) in [5.41, 5.74) is 4.20. The molecule has 4 aliphatic carbocycles. The first-order valence-electron chi connectivity index (χ1n) is 12.2. The maximum absolute atomic E-state index is 13.4. The van der Waals surface area contributed by atoms with E-state index in [9.17, 15) is 19.5 Å². The number of nitrogens with zero attached hydrogens (tertiary/aromatic N) is 1. The van der Waals surface area contributed by atoms with Crippen molar-refractivity contribution in [3.8, 4) is 11.3 Å². The van der Waals surface area contributed by atoms with E-state index in [1.165, 1.54) is 24.3 Å². The Bertz CT molecular complexity index is 1310. The Hall–Kier alpha value is -2.91. The molecule has 7 nitrogen and oxygen atoms in total. The molecule has 0 spiro atoms. The van der Waals surface area contributed by atoms with Gasteiger partial charge in [-0.3, -0.25) is 15.0 Å². The molecule has 4 saturated carbocycles. The van der Waals surface area contributed by atoms with E-state index in [-0.39, 0.29) is 22.8 Å². The van der Waals surface area contributed by atoms with Gasteiger partial charge in [0.2, 0.25) is 5.91 Å². The number of thioether (sulfide) groups is 1. The van der Waals surface area contributed by atoms with Crippen molar-refractivity contribution in [1.82, 2.24) is 10.4 Å². The Labute approximate surface area is 218 Å². The van der Waals surface area contributed by atoms with E-state index in [0.717, 1.165) is 36.6 Å². The second-order valence-corrected chi connectivity index (χ2v) is 12.4. The van der Waals surface area contributed by atoms with Crippen molar-refractivity contribution in [2.45, 2.75) is 45.4 Å². The van der Waals surface area contributed by atoms with Crippen LogP contribution in [0, 0.1) is 30.1 Å². The molecule has 0 unspecified atom stereocenters. The number of aromatic carboxylic acids is 1. The molecule has 2 N–H and O–H groups in total. The highest BCUT2D eigenvalue weighted by molar-refractivity contribution is 8.26. The van der Waals surface area contributed by atoms with Gasteiger partial charge in [-0.1, -0.05) is 17.8 Å². The third-order valence-corrected chi connectivity index (χ3v) is 9.48. The van der Waals surface area contributed by atoms with Crippen molar-refractivity contribution in [1.29, 1.82) is 0 Å². The van der Waals surface area contributed by atoms with Crippen LogP contribution in [0.3, 0.4) is 0 Å². The SMILES string of the molecule is Cc1ccc(C(=O)O)cc1-c1ccc(/C=C2\SC(=S)N(NC(=O)C34CC5CC(CC(C5)C3)C4)C2=O)o1. The first-order valence-corrected chi connectivity index (χ1v) is 13.5. The van der Waals surface area contributed by atoms with Gasteiger partial charge >= 0.3 is 5.97 Å². The lowest BCUT2D eigenvalue weighted by Gasteiger charge is -2.55. The van der Waals surface area contributed by atoms with E-state index >= 15 is 0 Å². The van der Waals surface area contributed by atoms with Crippen LogP contribution in [0.1, 0.15) is 60.2 Å². The number of hydrazine groups is 1. The Morgan fingerprint density at radius 2 is 1.81 bits per heavy atom. The number of aryl methyl sites for hydroxylation is 1. The largest absolute Gasteiger partial charge is 0.478 e. The zero-order chi connectivity index (χ0) is 25.2. The van der Waals surface area contributed by atoms with Crippen LogP contribution in [-0.4, -0.2) is 32.2 Å². The number of carbonyl (C=O) groups excluding carboxylic acids is 2. The maximum atomic E-state index is 13.4. The van der Waals surface area contributed by atoms with Crippen molar-refractivity contribution >= 4 is 52.2 Å². The third kappa shape index (κ3) is 3.98. The fraction of sp³-hybridized carbons (Fsp3) is 0.407. The molecule has 2 aromatic rings. The number of benzene rings is 1. The van der Waals surface area contributed by atoms with Gasteiger partial charge in [-0.05, 0) is 105 Å². The van der Waals surface area contributed by atoms with Crippen molar-refractivity contribution < 1.29 is 23.9 Å². The summed E-state index contributed by atoms with van der Waals surface area (Å²) >= 11 is 6.56. The van der Waals surface area contributed by atoms with Crippen LogP contribution in [-0.2, 0) is 9.59 Å². The first kappa shape index (κ1) is 23.5. The summed E-state index contributed by atoms with van der Waals surface area (Å²) in [5.74, 6) is 1.37. The highest BCUT2D eigenvalue weighted by Gasteiger charge is 2.55. The molecule has 2 heterocycles. The monoisotopic (exact) mass is 522 g/mol. The van der Waals surface area contributed by atoms with Gasteiger partial charge in [0.1, 0.15) is 11.5 Å². The molecule has 1 aromatic carbocycles. The van der Waals surface area contributed by atoms with Gasteiger partial charge < -0.3 is 9.52 Å². The van der Waals surface area contributed by atoms with Crippen LogP contribution in [0.15, 0.2) is 39.7 Å². The van der Waals surface area contributed by atoms with E-state index in [4.69, 9.17) is 16.6 Å². The van der Waals surface area contributed by atoms with E-state index in [2.05, 4.69) is 5.43 Å². The standard InChI is InChI=1S/C27H26N2O5S2/c1-14-2-3-18(24(31)32)9-20(14)21-5-4-19(34-21)10-22-23(30)29(26(35)36-22)28-25(33)27-11-15-6-16(12-27)8-17(7-15)13-27/h2-5,9-10,15-17H,6-8,11-13H2,1H3,(H,28,33)(H,31,32)/b22-10-. The van der Waals surface area contributed by atoms with Crippen LogP contribution in [0.2, 0.25) is 0 Å². The Morgan fingerprint density at radius 1 is 1.14 bits per heavy atom. The topological polar surface area (TPSA) is 99.9 Å². The number of hydrogen-bond acceptors (Lipinski definition) is 6. The summed E-state index contributed by atoms with van der Waals surface area (Å²) in [6.45, 7) is 1.88. The second kappa shape index (κ2) is 8.59. The number of carboxylic acid groups (broad SMARTS) is 1. The van der Waals surface area contributed by atoms with Gasteiger partial charge in [0.15, 0.2) is 4.32 Å². The molecule has 4 bridgehead atoms. The predicted molar refractivity (Wildman–Crippen MR) is 140 cm³/mol. The summed E-state index contributed by atoms with van der Waals surface area (Å²) in [6.07, 6.45) is 8.05. The summed E-state index contributed by atoms with van der Waals surface area (Å²) < 4.78 is 6.22. The lowest BCUT2D eigenvalue weighted by molar-refractivity contribution is -0.152. The summed E-state index contributed by atoms with van der Waals surface area (Å²) in [5, 5.41) is 10.5. The molecule has 7 rings (SSSR count). The Morgan fingerprint density at radius 3 is 2.44 bits per heavy atom. The number of amides is 2. The number of carbonyl (C=O) groups is 3. The molecule has 0 radical (unpaired) electrons. The Kier molecular flexibility index (Phi) is 5.60. The van der Waals surface area contributed by atoms with Crippen molar-refractivity contribution in [2.24, 2.45) is 23.2 Å². The van der Waals surface area contributed by atoms with Crippen molar-refractivity contribution in [2.75, 3.05) is 0 Å². The molecule has 0 atom stereocenters. The van der Waals surface area contributed by atoms with Gasteiger partial charge in [0.25, 0.3) is 5.91 Å². The number of carboxylic acids is 1. The number of furan rings is 1. The van der Waals surface area contributed by atoms with Gasteiger partial charge in [-0.25, -0.2) is 4.79 Å². The molecular weight excluding hydrogens is 496 g/mol. The number of thiocarbonyl (C=S) groups is 1. The molecular formula is C27H26N2O5S2. The molecule has 2 amide bonds. The van der Waals surface area contributed by atoms with E-state index in [0.29, 0.717) is 44.1 Å². The van der Waals surface area contributed by atoms with E-state index < -0.39 is 5.97 Å². The lowest BCUT2D eigenvalue weighted by Crippen LogP contribution is -2.57. The predicted octanol–water partition coefficient (Wildman–Crippen LogP) is 5.40. The maximum Gasteiger partial charge on any atom is 0.335 e. The van der Waals surface area contributed by atoms with Crippen LogP contribution < -0.4 is 5.43 Å². The smallest absolute Gasteiger partial charge is 0.335 e. The van der Waals surface area contributed by atoms with Gasteiger partial charge in [-0.15, -0.1) is 0 Å². The third-order valence-electron chi connectivity index (χ3n) is 8.18. The molecule has 5 fully saturated rings. The van der Waals surface area contributed by atoms with Crippen LogP contribution in [0.4, 0.5) is 0 Å². The quantitative estimate of drug-likeness (QED) is 0.400. The van der Waals surface area contributed by atoms with Crippen molar-refractivity contribution in [3.63, 3.8) is 0 Å². The molecule has 1 aromatic heterocycles. The molecule has 5 aliphatic rings. The second-order valence-electron chi connectivity index (χ2n) is 10.7. The highest BCUT2D eigenvalue weighted by atomic mass is 32.2. The summed E-state index contributed by atoms with van der Waals surface area (Å²) in [6, 6.07) is 8.32. The van der Waals surface area contributed by atoms with Gasteiger partial charge in [0.05, 0.1) is 15.9 Å². The summed E-state index contributed by atoms with van der Waals surface area (Å²) in [4.78, 5) is 38.3.